The molecule has 0 bridgehead atoms. The van der Waals surface area contributed by atoms with Crippen LogP contribution in [-0.4, -0.2) is 72.1 Å². The van der Waals surface area contributed by atoms with Gasteiger partial charge in [-0.15, -0.1) is 0 Å². The Morgan fingerprint density at radius 1 is 1.22 bits per heavy atom. The fourth-order valence-corrected chi connectivity index (χ4v) is 7.37. The second kappa shape index (κ2) is 8.57. The van der Waals surface area contributed by atoms with Crippen molar-refractivity contribution in [3.05, 3.63) is 11.1 Å². The maximum absolute atomic E-state index is 13.5. The molecule has 1 saturated carbocycles. The molecular weight excluding hydrogens is 410 g/mol. The number of aliphatic hydroxyl groups is 2. The second-order valence-electron chi connectivity index (χ2n) is 11.4. The molecule has 2 fully saturated rings. The van der Waals surface area contributed by atoms with E-state index in [0.29, 0.717) is 13.2 Å². The molecule has 32 heavy (non-hydrogen) atoms. The van der Waals surface area contributed by atoms with E-state index in [1.54, 1.807) is 7.11 Å². The number of ether oxygens (including phenoxy) is 3. The van der Waals surface area contributed by atoms with Crippen LogP contribution in [0.15, 0.2) is 11.1 Å². The van der Waals surface area contributed by atoms with Gasteiger partial charge in [-0.1, -0.05) is 12.5 Å². The van der Waals surface area contributed by atoms with Gasteiger partial charge < -0.3 is 24.4 Å². The summed E-state index contributed by atoms with van der Waals surface area (Å²) >= 11 is 0. The molecule has 182 valence electrons. The minimum absolute atomic E-state index is 0.00760. The summed E-state index contributed by atoms with van der Waals surface area (Å²) in [5, 5.41) is 20.7. The molecule has 0 spiro atoms. The Balaban J connectivity index is 1.87. The highest BCUT2D eigenvalue weighted by atomic mass is 16.7. The molecule has 4 aliphatic rings. The third-order valence-electron chi connectivity index (χ3n) is 8.59. The monoisotopic (exact) mass is 451 g/mol. The first-order valence-electron chi connectivity index (χ1n) is 12.2. The molecule has 7 nitrogen and oxygen atoms in total. The molecule has 2 aliphatic carbocycles. The Labute approximate surface area is 192 Å². The first-order chi connectivity index (χ1) is 15.1. The highest BCUT2D eigenvalue weighted by molar-refractivity contribution is 5.71. The average Bonchev–Trinajstić information content (AvgIpc) is 2.74. The molecule has 0 aromatic carbocycles. The molecule has 2 aliphatic heterocycles. The smallest absolute Gasteiger partial charge is 0.411 e. The summed E-state index contributed by atoms with van der Waals surface area (Å²) in [6, 6.07) is 0. The molecular formula is C25H41NO6. The van der Waals surface area contributed by atoms with Crippen LogP contribution in [0.1, 0.15) is 53.9 Å². The van der Waals surface area contributed by atoms with E-state index in [-0.39, 0.29) is 61.1 Å². The predicted molar refractivity (Wildman–Crippen MR) is 120 cm³/mol. The van der Waals surface area contributed by atoms with E-state index in [4.69, 9.17) is 14.2 Å². The standard InChI is InChI=1S/C25H41NO6/c1-7-14-17-10-26(23(29)32-24(2,3)4)25(5)13-31-22(30-6)16-9-8-15(20(17)21(16)25)19(12-28)18(14)11-27/h14-16,18-19,21-22,27-28H,7-13H2,1-6H3/t14-,15?,16+,18?,19?,21+,22?,25+/m0/s1. The van der Waals surface area contributed by atoms with Crippen molar-refractivity contribution in [2.45, 2.75) is 71.3 Å². The summed E-state index contributed by atoms with van der Waals surface area (Å²) in [5.41, 5.74) is 1.55. The topological polar surface area (TPSA) is 88.5 Å². The Morgan fingerprint density at radius 2 is 1.91 bits per heavy atom. The number of carbonyl (C=O) groups is 1. The first kappa shape index (κ1) is 24.0. The second-order valence-corrected chi connectivity index (χ2v) is 11.4. The lowest BCUT2D eigenvalue weighted by atomic mass is 9.50. The first-order valence-corrected chi connectivity index (χ1v) is 12.2. The van der Waals surface area contributed by atoms with Crippen LogP contribution in [-0.2, 0) is 14.2 Å². The van der Waals surface area contributed by atoms with Crippen LogP contribution in [0.2, 0.25) is 0 Å². The fourth-order valence-electron chi connectivity index (χ4n) is 7.37. The van der Waals surface area contributed by atoms with Crippen molar-refractivity contribution < 1.29 is 29.2 Å². The molecule has 1 amide bonds. The SMILES string of the molecule is CC[C@H]1C2=C3C(CC[C@H]4C(OC)OC[C@](C)([C@@H]34)N(C(=O)OC(C)(C)C)C2)C(CO)C1CO. The molecule has 4 rings (SSSR count). The minimum atomic E-state index is -0.590. The Hall–Kier alpha value is -1.15. The number of hydrogen-bond donors (Lipinski definition) is 2. The zero-order chi connectivity index (χ0) is 23.4. The Bertz CT molecular complexity index is 760. The average molecular weight is 452 g/mol. The van der Waals surface area contributed by atoms with Gasteiger partial charge in [0, 0.05) is 38.7 Å². The molecule has 0 radical (unpaired) electrons. The zero-order valence-electron chi connectivity index (χ0n) is 20.5. The molecule has 4 unspecified atom stereocenters. The Kier molecular flexibility index (Phi) is 6.42. The predicted octanol–water partition coefficient (Wildman–Crippen LogP) is 3.19. The van der Waals surface area contributed by atoms with E-state index in [1.807, 2.05) is 25.7 Å². The summed E-state index contributed by atoms with van der Waals surface area (Å²) in [4.78, 5) is 15.4. The van der Waals surface area contributed by atoms with Crippen LogP contribution in [0.4, 0.5) is 4.79 Å². The molecule has 7 heteroatoms. The molecule has 2 heterocycles. The van der Waals surface area contributed by atoms with E-state index in [1.165, 1.54) is 11.1 Å². The fraction of sp³-hybridized carbons (Fsp3) is 0.880. The third-order valence-corrected chi connectivity index (χ3v) is 8.59. The lowest BCUT2D eigenvalue weighted by Crippen LogP contribution is -2.70. The van der Waals surface area contributed by atoms with Crippen molar-refractivity contribution >= 4 is 6.09 Å². The van der Waals surface area contributed by atoms with Gasteiger partial charge in [-0.25, -0.2) is 4.79 Å². The van der Waals surface area contributed by atoms with Crippen LogP contribution < -0.4 is 0 Å². The summed E-state index contributed by atoms with van der Waals surface area (Å²) in [6.07, 6.45) is 2.11. The summed E-state index contributed by atoms with van der Waals surface area (Å²) in [5.74, 6) is 0.665. The normalized spacial score (nSPS) is 41.4. The number of amides is 1. The molecule has 8 atom stereocenters. The van der Waals surface area contributed by atoms with Crippen molar-refractivity contribution in [3.63, 3.8) is 0 Å². The summed E-state index contributed by atoms with van der Waals surface area (Å²) < 4.78 is 17.8. The molecule has 0 aromatic heterocycles. The van der Waals surface area contributed by atoms with E-state index in [0.717, 1.165) is 19.3 Å². The van der Waals surface area contributed by atoms with Gasteiger partial charge in [0.05, 0.1) is 12.1 Å². The van der Waals surface area contributed by atoms with E-state index >= 15 is 0 Å². The van der Waals surface area contributed by atoms with Crippen LogP contribution in [0.3, 0.4) is 0 Å². The van der Waals surface area contributed by atoms with E-state index in [2.05, 4.69) is 13.8 Å². The number of nitrogens with zero attached hydrogens (tertiary/aromatic N) is 1. The Morgan fingerprint density at radius 3 is 2.47 bits per heavy atom. The van der Waals surface area contributed by atoms with Crippen LogP contribution in [0.5, 0.6) is 0 Å². The number of aliphatic hydroxyl groups excluding tert-OH is 2. The van der Waals surface area contributed by atoms with Gasteiger partial charge in [0.1, 0.15) is 5.60 Å². The number of rotatable bonds is 4. The number of carbonyl (C=O) groups excluding carboxylic acids is 1. The van der Waals surface area contributed by atoms with Crippen molar-refractivity contribution in [3.8, 4) is 0 Å². The van der Waals surface area contributed by atoms with E-state index < -0.39 is 11.1 Å². The quantitative estimate of drug-likeness (QED) is 0.638. The highest BCUT2D eigenvalue weighted by Crippen LogP contribution is 2.60. The van der Waals surface area contributed by atoms with Gasteiger partial charge in [-0.3, -0.25) is 4.90 Å². The van der Waals surface area contributed by atoms with Crippen molar-refractivity contribution in [1.29, 1.82) is 0 Å². The zero-order valence-corrected chi connectivity index (χ0v) is 20.5. The third kappa shape index (κ3) is 3.60. The van der Waals surface area contributed by atoms with E-state index in [9.17, 15) is 15.0 Å². The van der Waals surface area contributed by atoms with Gasteiger partial charge >= 0.3 is 6.09 Å². The maximum Gasteiger partial charge on any atom is 0.411 e. The summed E-state index contributed by atoms with van der Waals surface area (Å²) in [6.45, 7) is 11.0. The van der Waals surface area contributed by atoms with Gasteiger partial charge in [0.25, 0.3) is 0 Å². The van der Waals surface area contributed by atoms with Gasteiger partial charge in [0.2, 0.25) is 0 Å². The maximum atomic E-state index is 13.5. The van der Waals surface area contributed by atoms with Crippen molar-refractivity contribution in [1.82, 2.24) is 4.90 Å². The summed E-state index contributed by atoms with van der Waals surface area (Å²) in [7, 11) is 1.69. The van der Waals surface area contributed by atoms with Gasteiger partial charge in [-0.05, 0) is 76.2 Å². The minimum Gasteiger partial charge on any atom is -0.444 e. The van der Waals surface area contributed by atoms with Crippen molar-refractivity contribution in [2.24, 2.45) is 35.5 Å². The van der Waals surface area contributed by atoms with Crippen LogP contribution in [0.25, 0.3) is 0 Å². The molecule has 2 N–H and O–H groups in total. The number of hydrogen-bond acceptors (Lipinski definition) is 6. The molecule has 0 aromatic rings. The lowest BCUT2D eigenvalue weighted by Gasteiger charge is -2.63. The van der Waals surface area contributed by atoms with Crippen LogP contribution in [0, 0.1) is 35.5 Å². The lowest BCUT2D eigenvalue weighted by molar-refractivity contribution is -0.241. The van der Waals surface area contributed by atoms with Gasteiger partial charge in [-0.2, -0.15) is 0 Å². The largest absolute Gasteiger partial charge is 0.444 e. The van der Waals surface area contributed by atoms with Crippen LogP contribution >= 0.6 is 0 Å². The molecule has 1 saturated heterocycles. The van der Waals surface area contributed by atoms with Crippen molar-refractivity contribution in [2.75, 3.05) is 33.5 Å². The number of methoxy groups -OCH3 is 1. The highest BCUT2D eigenvalue weighted by Gasteiger charge is 2.62. The van der Waals surface area contributed by atoms with Gasteiger partial charge in [0.15, 0.2) is 6.29 Å².